The Kier molecular flexibility index (Phi) is 3.45. The Morgan fingerprint density at radius 2 is 1.90 bits per heavy atom. The van der Waals surface area contributed by atoms with Gasteiger partial charge in [-0.05, 0) is 24.3 Å². The molecule has 106 valence electrons. The van der Waals surface area contributed by atoms with Crippen molar-refractivity contribution in [2.45, 2.75) is 0 Å². The number of hydrogen-bond acceptors (Lipinski definition) is 3. The molecule has 1 heterocycles. The first-order chi connectivity index (χ1) is 10.0. The summed E-state index contributed by atoms with van der Waals surface area (Å²) in [7, 11) is 0. The maximum absolute atomic E-state index is 12.2. The highest BCUT2D eigenvalue weighted by Crippen LogP contribution is 2.34. The van der Waals surface area contributed by atoms with Crippen LogP contribution in [0.5, 0.6) is 5.75 Å². The highest BCUT2D eigenvalue weighted by Gasteiger charge is 2.11. The van der Waals surface area contributed by atoms with E-state index in [0.29, 0.717) is 11.3 Å². The zero-order valence-electron chi connectivity index (χ0n) is 10.5. The molecule has 0 aliphatic rings. The van der Waals surface area contributed by atoms with Crippen LogP contribution in [-0.2, 0) is 0 Å². The highest BCUT2D eigenvalue weighted by atomic mass is 35.5. The fourth-order valence-corrected chi connectivity index (χ4v) is 2.41. The second-order valence-electron chi connectivity index (χ2n) is 4.41. The molecule has 3 N–H and O–H groups in total. The van der Waals surface area contributed by atoms with Gasteiger partial charge in [0.2, 0.25) is 0 Å². The Bertz CT molecular complexity index is 822. The van der Waals surface area contributed by atoms with Gasteiger partial charge in [-0.1, -0.05) is 29.3 Å². The minimum absolute atomic E-state index is 0.0711. The van der Waals surface area contributed by atoms with Crippen molar-refractivity contribution in [3.05, 3.63) is 52.1 Å². The van der Waals surface area contributed by atoms with Gasteiger partial charge in [0.25, 0.3) is 5.91 Å². The van der Waals surface area contributed by atoms with Crippen molar-refractivity contribution in [2.24, 2.45) is 0 Å². The fraction of sp³-hybridized carbons (Fsp3) is 0. The summed E-state index contributed by atoms with van der Waals surface area (Å²) in [5, 5.41) is 19.9. The molecule has 3 rings (SSSR count). The van der Waals surface area contributed by atoms with Crippen LogP contribution < -0.4 is 5.32 Å². The normalized spacial score (nSPS) is 10.8. The lowest BCUT2D eigenvalue weighted by atomic mass is 10.1. The number of rotatable bonds is 2. The van der Waals surface area contributed by atoms with Crippen molar-refractivity contribution < 1.29 is 9.90 Å². The van der Waals surface area contributed by atoms with Gasteiger partial charge in [-0.2, -0.15) is 5.10 Å². The SMILES string of the molecule is O=C(Nc1cc(Cl)c(O)c(Cl)c1)c1ccc2cn[nH]c2c1. The number of fused-ring (bicyclic) bond motifs is 1. The minimum Gasteiger partial charge on any atom is -0.505 e. The molecule has 0 atom stereocenters. The Morgan fingerprint density at radius 3 is 2.62 bits per heavy atom. The van der Waals surface area contributed by atoms with Gasteiger partial charge >= 0.3 is 0 Å². The Hall–Kier alpha value is -2.24. The van der Waals surface area contributed by atoms with Crippen LogP contribution in [0.4, 0.5) is 5.69 Å². The number of nitrogens with one attached hydrogen (secondary N) is 2. The predicted octanol–water partition coefficient (Wildman–Crippen LogP) is 3.83. The summed E-state index contributed by atoms with van der Waals surface area (Å²) in [6.45, 7) is 0. The second kappa shape index (κ2) is 5.27. The maximum Gasteiger partial charge on any atom is 0.255 e. The first kappa shape index (κ1) is 13.7. The number of benzene rings is 2. The van der Waals surface area contributed by atoms with Crippen molar-refractivity contribution in [1.29, 1.82) is 0 Å². The van der Waals surface area contributed by atoms with Crippen molar-refractivity contribution in [1.82, 2.24) is 10.2 Å². The molecule has 0 aliphatic carbocycles. The van der Waals surface area contributed by atoms with Crippen molar-refractivity contribution >= 4 is 45.7 Å². The number of halogens is 2. The van der Waals surface area contributed by atoms with E-state index in [9.17, 15) is 9.90 Å². The summed E-state index contributed by atoms with van der Waals surface area (Å²) in [4.78, 5) is 12.2. The molecule has 21 heavy (non-hydrogen) atoms. The van der Waals surface area contributed by atoms with E-state index >= 15 is 0 Å². The number of phenols is 1. The number of hydrogen-bond donors (Lipinski definition) is 3. The monoisotopic (exact) mass is 321 g/mol. The maximum atomic E-state index is 12.2. The van der Waals surface area contributed by atoms with Crippen LogP contribution in [-0.4, -0.2) is 21.2 Å². The molecule has 2 aromatic carbocycles. The van der Waals surface area contributed by atoms with Crippen LogP contribution in [0.3, 0.4) is 0 Å². The molecule has 5 nitrogen and oxygen atoms in total. The van der Waals surface area contributed by atoms with Gasteiger partial charge < -0.3 is 10.4 Å². The molecule has 0 radical (unpaired) electrons. The number of aromatic hydroxyl groups is 1. The molecule has 0 unspecified atom stereocenters. The van der Waals surface area contributed by atoms with Crippen LogP contribution in [0.15, 0.2) is 36.5 Å². The molecule has 3 aromatic rings. The molecular weight excluding hydrogens is 313 g/mol. The van der Waals surface area contributed by atoms with Crippen LogP contribution in [0.2, 0.25) is 10.0 Å². The molecule has 0 aliphatic heterocycles. The van der Waals surface area contributed by atoms with Crippen molar-refractivity contribution in [3.8, 4) is 5.75 Å². The first-order valence-electron chi connectivity index (χ1n) is 5.97. The average molecular weight is 322 g/mol. The van der Waals surface area contributed by atoms with Crippen LogP contribution >= 0.6 is 23.2 Å². The van der Waals surface area contributed by atoms with Gasteiger partial charge in [-0.3, -0.25) is 9.89 Å². The van der Waals surface area contributed by atoms with Gasteiger partial charge in [0.1, 0.15) is 0 Å². The third-order valence-electron chi connectivity index (χ3n) is 2.98. The predicted molar refractivity (Wildman–Crippen MR) is 82.2 cm³/mol. The van der Waals surface area contributed by atoms with E-state index < -0.39 is 0 Å². The molecule has 0 saturated heterocycles. The van der Waals surface area contributed by atoms with Crippen LogP contribution in [0.25, 0.3) is 10.9 Å². The van der Waals surface area contributed by atoms with E-state index in [1.165, 1.54) is 12.1 Å². The van der Waals surface area contributed by atoms with Crippen molar-refractivity contribution in [2.75, 3.05) is 5.32 Å². The zero-order valence-corrected chi connectivity index (χ0v) is 12.0. The van der Waals surface area contributed by atoms with Gasteiger partial charge in [-0.15, -0.1) is 0 Å². The molecule has 0 spiro atoms. The van der Waals surface area contributed by atoms with Crippen LogP contribution in [0.1, 0.15) is 10.4 Å². The largest absolute Gasteiger partial charge is 0.505 e. The van der Waals surface area contributed by atoms with Gasteiger partial charge in [0.15, 0.2) is 5.75 Å². The van der Waals surface area contributed by atoms with E-state index in [-0.39, 0.29) is 21.7 Å². The number of aromatic nitrogens is 2. The summed E-state index contributed by atoms with van der Waals surface area (Å²) in [6.07, 6.45) is 1.68. The van der Waals surface area contributed by atoms with E-state index in [0.717, 1.165) is 10.9 Å². The highest BCUT2D eigenvalue weighted by molar-refractivity contribution is 6.37. The quantitative estimate of drug-likeness (QED) is 0.628. The lowest BCUT2D eigenvalue weighted by Crippen LogP contribution is -2.11. The number of H-pyrrole nitrogens is 1. The zero-order chi connectivity index (χ0) is 15.0. The Morgan fingerprint density at radius 1 is 1.19 bits per heavy atom. The number of phenolic OH excluding ortho intramolecular Hbond substituents is 1. The standard InChI is InChI=1S/C14H9Cl2N3O2/c15-10-4-9(5-11(16)13(10)20)18-14(21)7-1-2-8-6-17-19-12(8)3-7/h1-6,20H,(H,17,19)(H,18,21). The molecule has 7 heteroatoms. The summed E-state index contributed by atoms with van der Waals surface area (Å²) in [5.74, 6) is -0.528. The van der Waals surface area contributed by atoms with E-state index in [1.807, 2.05) is 0 Å². The lowest BCUT2D eigenvalue weighted by Gasteiger charge is -2.08. The number of nitrogens with zero attached hydrogens (tertiary/aromatic N) is 1. The number of carbonyl (C=O) groups is 1. The van der Waals surface area contributed by atoms with Gasteiger partial charge in [-0.25, -0.2) is 0 Å². The molecular formula is C14H9Cl2N3O2. The fourth-order valence-electron chi connectivity index (χ4n) is 1.92. The Labute approximate surface area is 129 Å². The first-order valence-corrected chi connectivity index (χ1v) is 6.72. The number of anilines is 1. The van der Waals surface area contributed by atoms with Gasteiger partial charge in [0.05, 0.1) is 21.8 Å². The van der Waals surface area contributed by atoms with E-state index in [4.69, 9.17) is 23.2 Å². The van der Waals surface area contributed by atoms with Crippen molar-refractivity contribution in [3.63, 3.8) is 0 Å². The molecule has 1 amide bonds. The Balaban J connectivity index is 1.88. The molecule has 0 bridgehead atoms. The number of carbonyl (C=O) groups excluding carboxylic acids is 1. The third-order valence-corrected chi connectivity index (χ3v) is 3.56. The average Bonchev–Trinajstić information content (AvgIpc) is 2.91. The smallest absolute Gasteiger partial charge is 0.255 e. The summed E-state index contributed by atoms with van der Waals surface area (Å²) in [5.41, 5.74) is 1.63. The topological polar surface area (TPSA) is 78.0 Å². The van der Waals surface area contributed by atoms with E-state index in [1.54, 1.807) is 24.4 Å². The molecule has 0 fully saturated rings. The molecule has 0 saturated carbocycles. The summed E-state index contributed by atoms with van der Waals surface area (Å²) >= 11 is 11.6. The summed E-state index contributed by atoms with van der Waals surface area (Å²) in [6, 6.07) is 8.04. The van der Waals surface area contributed by atoms with Gasteiger partial charge in [0, 0.05) is 16.6 Å². The minimum atomic E-state index is -0.315. The second-order valence-corrected chi connectivity index (χ2v) is 5.23. The number of aromatic amines is 1. The van der Waals surface area contributed by atoms with Crippen LogP contribution in [0, 0.1) is 0 Å². The van der Waals surface area contributed by atoms with E-state index in [2.05, 4.69) is 15.5 Å². The molecule has 1 aromatic heterocycles. The number of amides is 1. The summed E-state index contributed by atoms with van der Waals surface area (Å²) < 4.78 is 0. The third kappa shape index (κ3) is 2.66. The lowest BCUT2D eigenvalue weighted by molar-refractivity contribution is 0.102.